The van der Waals surface area contributed by atoms with Gasteiger partial charge in [-0.1, -0.05) is 24.3 Å². The Bertz CT molecular complexity index is 359. The monoisotopic (exact) mass is 192 g/mol. The van der Waals surface area contributed by atoms with Crippen molar-refractivity contribution in [2.75, 3.05) is 0 Å². The Kier molecular flexibility index (Phi) is 2.25. The van der Waals surface area contributed by atoms with Crippen LogP contribution in [-0.2, 0) is 11.2 Å². The zero-order valence-corrected chi connectivity index (χ0v) is 7.68. The molecule has 2 N–H and O–H groups in total. The number of hydrogen-bond donors (Lipinski definition) is 2. The first-order chi connectivity index (χ1) is 6.70. The molecule has 1 aromatic rings. The van der Waals surface area contributed by atoms with Crippen LogP contribution in [0.2, 0.25) is 0 Å². The van der Waals surface area contributed by atoms with Gasteiger partial charge in [0.2, 0.25) is 0 Å². The fraction of sp³-hybridized carbons (Fsp3) is 0.364. The molecule has 0 aromatic heterocycles. The van der Waals surface area contributed by atoms with Crippen LogP contribution in [0.4, 0.5) is 0 Å². The summed E-state index contributed by atoms with van der Waals surface area (Å²) < 4.78 is 0. The Morgan fingerprint density at radius 2 is 2.07 bits per heavy atom. The van der Waals surface area contributed by atoms with Crippen LogP contribution in [0.1, 0.15) is 23.7 Å². The van der Waals surface area contributed by atoms with E-state index < -0.39 is 18.0 Å². The van der Waals surface area contributed by atoms with Crippen molar-refractivity contribution in [3.63, 3.8) is 0 Å². The predicted molar refractivity (Wildman–Crippen MR) is 50.8 cm³/mol. The second-order valence-corrected chi connectivity index (χ2v) is 3.63. The molecular formula is C11H12O3. The largest absolute Gasteiger partial charge is 0.481 e. The van der Waals surface area contributed by atoms with Gasteiger partial charge in [-0.15, -0.1) is 0 Å². The van der Waals surface area contributed by atoms with Crippen molar-refractivity contribution in [2.24, 2.45) is 5.92 Å². The van der Waals surface area contributed by atoms with Gasteiger partial charge < -0.3 is 10.2 Å². The Hall–Kier alpha value is -1.35. The highest BCUT2D eigenvalue weighted by Gasteiger charge is 2.32. The smallest absolute Gasteiger partial charge is 0.309 e. The third kappa shape index (κ3) is 1.40. The number of aliphatic carboxylic acids is 1. The molecule has 14 heavy (non-hydrogen) atoms. The number of fused-ring (bicyclic) bond motifs is 1. The SMILES string of the molecule is O=C(O)[C@@H]1CCc2ccccc2[C@H]1O. The van der Waals surface area contributed by atoms with Gasteiger partial charge >= 0.3 is 5.97 Å². The number of carbonyl (C=O) groups is 1. The zero-order chi connectivity index (χ0) is 10.1. The number of aliphatic hydroxyl groups is 1. The van der Waals surface area contributed by atoms with E-state index in [1.54, 1.807) is 6.07 Å². The van der Waals surface area contributed by atoms with Gasteiger partial charge in [0, 0.05) is 0 Å². The number of carboxylic acids is 1. The van der Waals surface area contributed by atoms with Crippen LogP contribution >= 0.6 is 0 Å². The first-order valence-electron chi connectivity index (χ1n) is 4.69. The van der Waals surface area contributed by atoms with E-state index in [1.807, 2.05) is 18.2 Å². The van der Waals surface area contributed by atoms with Crippen LogP contribution < -0.4 is 0 Å². The van der Waals surface area contributed by atoms with E-state index in [0.29, 0.717) is 6.42 Å². The van der Waals surface area contributed by atoms with Gasteiger partial charge in [-0.05, 0) is 24.0 Å². The lowest BCUT2D eigenvalue weighted by Gasteiger charge is -2.26. The fourth-order valence-electron chi connectivity index (χ4n) is 1.99. The molecule has 1 aliphatic carbocycles. The molecule has 0 amide bonds. The minimum atomic E-state index is -0.910. The lowest BCUT2D eigenvalue weighted by atomic mass is 9.81. The van der Waals surface area contributed by atoms with E-state index in [1.165, 1.54) is 0 Å². The topological polar surface area (TPSA) is 57.5 Å². The Labute approximate surface area is 82.0 Å². The predicted octanol–water partition coefficient (Wildman–Crippen LogP) is 1.37. The molecule has 0 fully saturated rings. The van der Waals surface area contributed by atoms with Crippen molar-refractivity contribution in [3.05, 3.63) is 35.4 Å². The highest BCUT2D eigenvalue weighted by molar-refractivity contribution is 5.71. The van der Waals surface area contributed by atoms with Crippen molar-refractivity contribution in [1.82, 2.24) is 0 Å². The van der Waals surface area contributed by atoms with Crippen LogP contribution in [-0.4, -0.2) is 16.2 Å². The first-order valence-corrected chi connectivity index (χ1v) is 4.69. The minimum Gasteiger partial charge on any atom is -0.481 e. The van der Waals surface area contributed by atoms with Gasteiger partial charge in [0.15, 0.2) is 0 Å². The highest BCUT2D eigenvalue weighted by Crippen LogP contribution is 2.34. The summed E-state index contributed by atoms with van der Waals surface area (Å²) in [5, 5.41) is 18.7. The molecule has 1 aliphatic rings. The Morgan fingerprint density at radius 3 is 2.79 bits per heavy atom. The quantitative estimate of drug-likeness (QED) is 0.706. The van der Waals surface area contributed by atoms with E-state index >= 15 is 0 Å². The molecule has 0 saturated heterocycles. The molecule has 0 heterocycles. The average Bonchev–Trinajstić information content (AvgIpc) is 2.18. The van der Waals surface area contributed by atoms with Crippen molar-refractivity contribution < 1.29 is 15.0 Å². The standard InChI is InChI=1S/C11H12O3/c12-10-8-4-2-1-3-7(8)5-6-9(10)11(13)14/h1-4,9-10,12H,5-6H2,(H,13,14)/t9-,10-/m1/s1. The summed E-state index contributed by atoms with van der Waals surface area (Å²) in [6.45, 7) is 0. The molecule has 0 radical (unpaired) electrons. The number of rotatable bonds is 1. The molecule has 0 bridgehead atoms. The molecule has 1 aromatic carbocycles. The number of hydrogen-bond acceptors (Lipinski definition) is 2. The molecule has 74 valence electrons. The van der Waals surface area contributed by atoms with Crippen molar-refractivity contribution in [2.45, 2.75) is 18.9 Å². The van der Waals surface area contributed by atoms with E-state index in [-0.39, 0.29) is 0 Å². The third-order valence-electron chi connectivity index (χ3n) is 2.80. The Balaban J connectivity index is 2.36. The molecule has 3 heteroatoms. The van der Waals surface area contributed by atoms with Gasteiger partial charge in [0.1, 0.15) is 0 Å². The van der Waals surface area contributed by atoms with Crippen molar-refractivity contribution >= 4 is 5.97 Å². The fourth-order valence-corrected chi connectivity index (χ4v) is 1.99. The van der Waals surface area contributed by atoms with Crippen LogP contribution in [0.5, 0.6) is 0 Å². The summed E-state index contributed by atoms with van der Waals surface area (Å²) in [5.74, 6) is -1.56. The van der Waals surface area contributed by atoms with Gasteiger partial charge in [0.05, 0.1) is 12.0 Å². The van der Waals surface area contributed by atoms with Crippen LogP contribution in [0.15, 0.2) is 24.3 Å². The number of carboxylic acid groups (broad SMARTS) is 1. The molecule has 0 saturated carbocycles. The van der Waals surface area contributed by atoms with Gasteiger partial charge in [0.25, 0.3) is 0 Å². The molecule has 2 rings (SSSR count). The molecule has 0 spiro atoms. The second kappa shape index (κ2) is 3.42. The van der Waals surface area contributed by atoms with E-state index in [9.17, 15) is 9.90 Å². The van der Waals surface area contributed by atoms with Gasteiger partial charge in [-0.2, -0.15) is 0 Å². The van der Waals surface area contributed by atoms with Crippen LogP contribution in [0, 0.1) is 5.92 Å². The lowest BCUT2D eigenvalue weighted by molar-refractivity contribution is -0.146. The van der Waals surface area contributed by atoms with Crippen molar-refractivity contribution in [3.8, 4) is 0 Å². The summed E-state index contributed by atoms with van der Waals surface area (Å²) in [7, 11) is 0. The molecular weight excluding hydrogens is 180 g/mol. The summed E-state index contributed by atoms with van der Waals surface area (Å²) >= 11 is 0. The van der Waals surface area contributed by atoms with Crippen LogP contribution in [0.25, 0.3) is 0 Å². The van der Waals surface area contributed by atoms with Crippen molar-refractivity contribution in [1.29, 1.82) is 0 Å². The van der Waals surface area contributed by atoms with E-state index in [4.69, 9.17) is 5.11 Å². The molecule has 3 nitrogen and oxygen atoms in total. The number of aliphatic hydroxyl groups excluding tert-OH is 1. The summed E-state index contributed by atoms with van der Waals surface area (Å²) in [5.41, 5.74) is 1.84. The highest BCUT2D eigenvalue weighted by atomic mass is 16.4. The molecule has 2 atom stereocenters. The normalized spacial score (nSPS) is 25.5. The average molecular weight is 192 g/mol. The third-order valence-corrected chi connectivity index (χ3v) is 2.80. The maximum absolute atomic E-state index is 10.8. The maximum atomic E-state index is 10.8. The summed E-state index contributed by atoms with van der Waals surface area (Å²) in [6, 6.07) is 7.48. The summed E-state index contributed by atoms with van der Waals surface area (Å²) in [6.07, 6.45) is 0.412. The van der Waals surface area contributed by atoms with E-state index in [0.717, 1.165) is 17.5 Å². The van der Waals surface area contributed by atoms with E-state index in [2.05, 4.69) is 0 Å². The maximum Gasteiger partial charge on any atom is 0.309 e. The second-order valence-electron chi connectivity index (χ2n) is 3.63. The van der Waals surface area contributed by atoms with Crippen LogP contribution in [0.3, 0.4) is 0 Å². The number of benzene rings is 1. The van der Waals surface area contributed by atoms with Gasteiger partial charge in [-0.3, -0.25) is 4.79 Å². The number of aryl methyl sites for hydroxylation is 1. The lowest BCUT2D eigenvalue weighted by Crippen LogP contribution is -2.27. The molecule has 0 unspecified atom stereocenters. The minimum absolute atomic E-state index is 0.521. The van der Waals surface area contributed by atoms with Gasteiger partial charge in [-0.25, -0.2) is 0 Å². The summed E-state index contributed by atoms with van der Waals surface area (Å²) in [4.78, 5) is 10.8. The first kappa shape index (κ1) is 9.21. The zero-order valence-electron chi connectivity index (χ0n) is 7.68. The molecule has 0 aliphatic heterocycles. The Morgan fingerprint density at radius 1 is 1.36 bits per heavy atom.